The van der Waals surface area contributed by atoms with Crippen molar-refractivity contribution < 1.29 is 0 Å². The number of hydrogen-bond donors (Lipinski definition) is 0. The second-order valence-electron chi connectivity index (χ2n) is 7.29. The third-order valence-electron chi connectivity index (χ3n) is 3.43. The maximum atomic E-state index is 4.51. The second kappa shape index (κ2) is 4.60. The minimum atomic E-state index is -0.0321. The highest BCUT2D eigenvalue weighted by molar-refractivity contribution is 6.48. The fraction of sp³-hybridized carbons (Fsp3) is 0.500. The first kappa shape index (κ1) is 15.1. The van der Waals surface area contributed by atoms with E-state index < -0.39 is 0 Å². The fourth-order valence-corrected chi connectivity index (χ4v) is 2.92. The van der Waals surface area contributed by atoms with E-state index in [1.807, 2.05) is 11.4 Å². The van der Waals surface area contributed by atoms with Crippen LogP contribution in [0.2, 0.25) is 0 Å². The predicted molar refractivity (Wildman–Crippen MR) is 97.2 cm³/mol. The standard InChI is InChI=1S/C10H20B5N5/c1-5-6(11)7(19-8(18-5)16-4-17-19)20(9(2,12)13)10(3,14)15/h4H,11-15H2,1-3H3. The zero-order valence-electron chi connectivity index (χ0n) is 13.8. The molecule has 10 heteroatoms. The zero-order chi connectivity index (χ0) is 15.3. The summed E-state index contributed by atoms with van der Waals surface area (Å²) in [6.07, 6.45) is 1.56. The molecule has 0 bridgehead atoms. The van der Waals surface area contributed by atoms with Crippen molar-refractivity contribution in [1.29, 1.82) is 0 Å². The van der Waals surface area contributed by atoms with Crippen LogP contribution >= 0.6 is 0 Å². The summed E-state index contributed by atoms with van der Waals surface area (Å²) in [6.45, 7) is 6.46. The molecule has 0 fully saturated rings. The number of fused-ring (bicyclic) bond motifs is 1. The number of hydrogen-bond acceptors (Lipinski definition) is 4. The molecule has 0 radical (unpaired) electrons. The molecule has 0 spiro atoms. The summed E-state index contributed by atoms with van der Waals surface area (Å²) in [4.78, 5) is 11.1. The predicted octanol–water partition coefficient (Wildman–Crippen LogP) is -4.62. The molecule has 0 aliphatic rings. The first-order chi connectivity index (χ1) is 9.03. The van der Waals surface area contributed by atoms with Gasteiger partial charge in [0.25, 0.3) is 5.78 Å². The fourth-order valence-electron chi connectivity index (χ4n) is 2.92. The van der Waals surface area contributed by atoms with Crippen molar-refractivity contribution in [2.75, 3.05) is 4.90 Å². The van der Waals surface area contributed by atoms with Crippen LogP contribution in [0.3, 0.4) is 0 Å². The lowest BCUT2D eigenvalue weighted by Gasteiger charge is -2.49. The van der Waals surface area contributed by atoms with E-state index in [2.05, 4.69) is 73.0 Å². The topological polar surface area (TPSA) is 46.3 Å². The normalized spacial score (nSPS) is 12.8. The van der Waals surface area contributed by atoms with E-state index in [-0.39, 0.29) is 10.7 Å². The Balaban J connectivity index is 2.83. The monoisotopic (exact) mass is 265 g/mol. The van der Waals surface area contributed by atoms with E-state index in [4.69, 9.17) is 0 Å². The van der Waals surface area contributed by atoms with Crippen LogP contribution in [-0.4, -0.2) is 69.5 Å². The Labute approximate surface area is 125 Å². The van der Waals surface area contributed by atoms with Crippen LogP contribution in [-0.2, 0) is 0 Å². The summed E-state index contributed by atoms with van der Waals surface area (Å²) < 4.78 is 1.85. The average Bonchev–Trinajstić information content (AvgIpc) is 2.68. The Morgan fingerprint density at radius 1 is 1.15 bits per heavy atom. The Hall–Kier alpha value is -1.33. The second-order valence-corrected chi connectivity index (χ2v) is 7.29. The number of anilines is 1. The van der Waals surface area contributed by atoms with Crippen molar-refractivity contribution in [3.8, 4) is 0 Å². The van der Waals surface area contributed by atoms with Gasteiger partial charge in [0.2, 0.25) is 0 Å². The molecule has 0 aliphatic carbocycles. The van der Waals surface area contributed by atoms with E-state index in [0.717, 1.165) is 17.0 Å². The van der Waals surface area contributed by atoms with Crippen LogP contribution in [0.1, 0.15) is 19.5 Å². The molecule has 2 aromatic rings. The van der Waals surface area contributed by atoms with E-state index in [9.17, 15) is 0 Å². The van der Waals surface area contributed by atoms with Crippen LogP contribution < -0.4 is 10.4 Å². The van der Waals surface area contributed by atoms with Crippen LogP contribution in [0.5, 0.6) is 0 Å². The molecule has 0 N–H and O–H groups in total. The third-order valence-corrected chi connectivity index (χ3v) is 3.43. The molecule has 0 unspecified atom stereocenters. The molecular weight excluding hydrogens is 244 g/mol. The van der Waals surface area contributed by atoms with Gasteiger partial charge in [-0.15, -0.1) is 0 Å². The number of aryl methyl sites for hydroxylation is 1. The highest BCUT2D eigenvalue weighted by Crippen LogP contribution is 2.25. The van der Waals surface area contributed by atoms with Crippen molar-refractivity contribution in [3.63, 3.8) is 0 Å². The minimum Gasteiger partial charge on any atom is -0.378 e. The quantitative estimate of drug-likeness (QED) is 0.523. The van der Waals surface area contributed by atoms with E-state index >= 15 is 0 Å². The lowest BCUT2D eigenvalue weighted by Crippen LogP contribution is -2.62. The van der Waals surface area contributed by atoms with Gasteiger partial charge in [-0.3, -0.25) is 0 Å². The maximum Gasteiger partial charge on any atom is 0.254 e. The van der Waals surface area contributed by atoms with Crippen molar-refractivity contribution in [3.05, 3.63) is 12.0 Å². The Kier molecular flexibility index (Phi) is 3.47. The SMILES string of the molecule is Bc1c(C)nc2ncnn2c1N(C(B)(B)C)C(B)(B)C. The molecule has 2 aromatic heterocycles. The molecule has 100 valence electrons. The molecule has 0 atom stereocenters. The van der Waals surface area contributed by atoms with Gasteiger partial charge in [-0.05, 0) is 23.1 Å². The molecule has 2 heterocycles. The summed E-state index contributed by atoms with van der Waals surface area (Å²) in [5, 5.41) is 4.31. The number of aromatic nitrogens is 4. The molecule has 0 saturated carbocycles. The highest BCUT2D eigenvalue weighted by Gasteiger charge is 2.34. The van der Waals surface area contributed by atoms with Gasteiger partial charge < -0.3 is 4.90 Å². The smallest absolute Gasteiger partial charge is 0.254 e. The van der Waals surface area contributed by atoms with Crippen molar-refractivity contribution in [2.24, 2.45) is 0 Å². The van der Waals surface area contributed by atoms with Crippen molar-refractivity contribution in [2.45, 2.75) is 31.4 Å². The van der Waals surface area contributed by atoms with Gasteiger partial charge in [0.05, 0.1) is 0 Å². The van der Waals surface area contributed by atoms with Crippen molar-refractivity contribution in [1.82, 2.24) is 19.6 Å². The van der Waals surface area contributed by atoms with Crippen LogP contribution in [0.15, 0.2) is 6.33 Å². The largest absolute Gasteiger partial charge is 0.378 e. The van der Waals surface area contributed by atoms with Gasteiger partial charge >= 0.3 is 0 Å². The summed E-state index contributed by atoms with van der Waals surface area (Å²) in [6, 6.07) is 0. The minimum absolute atomic E-state index is 0.0321. The lowest BCUT2D eigenvalue weighted by molar-refractivity contribution is 0.652. The van der Waals surface area contributed by atoms with Gasteiger partial charge in [0, 0.05) is 5.69 Å². The molecule has 0 saturated heterocycles. The number of nitrogens with zero attached hydrogens (tertiary/aromatic N) is 5. The Bertz CT molecular complexity index is 628. The van der Waals surface area contributed by atoms with E-state index in [1.165, 1.54) is 0 Å². The van der Waals surface area contributed by atoms with E-state index in [1.54, 1.807) is 6.33 Å². The Morgan fingerprint density at radius 2 is 1.70 bits per heavy atom. The summed E-state index contributed by atoms with van der Waals surface area (Å²) in [5.74, 6) is 1.73. The highest BCUT2D eigenvalue weighted by atomic mass is 15.4. The molecule has 0 amide bonds. The van der Waals surface area contributed by atoms with Crippen LogP contribution in [0, 0.1) is 6.92 Å². The van der Waals surface area contributed by atoms with Gasteiger partial charge in [-0.2, -0.15) is 14.6 Å². The third kappa shape index (κ3) is 2.48. The first-order valence-corrected chi connectivity index (χ1v) is 7.01. The van der Waals surface area contributed by atoms with Crippen LogP contribution in [0.4, 0.5) is 5.82 Å². The van der Waals surface area contributed by atoms with Gasteiger partial charge in [0.1, 0.15) is 51.4 Å². The van der Waals surface area contributed by atoms with Gasteiger partial charge in [-0.1, -0.05) is 13.8 Å². The zero-order valence-corrected chi connectivity index (χ0v) is 13.8. The molecule has 20 heavy (non-hydrogen) atoms. The first-order valence-electron chi connectivity index (χ1n) is 7.01. The maximum absolute atomic E-state index is 4.51. The van der Waals surface area contributed by atoms with Crippen LogP contribution in [0.25, 0.3) is 5.78 Å². The number of rotatable bonds is 3. The molecule has 0 aromatic carbocycles. The summed E-state index contributed by atoms with van der Waals surface area (Å²) >= 11 is 0. The molecular formula is C10H20B5N5. The van der Waals surface area contributed by atoms with E-state index in [0.29, 0.717) is 5.78 Å². The lowest BCUT2D eigenvalue weighted by atomic mass is 9.54. The Morgan fingerprint density at radius 3 is 2.20 bits per heavy atom. The summed E-state index contributed by atoms with van der Waals surface area (Å²) in [5.41, 5.74) is 2.15. The average molecular weight is 264 g/mol. The van der Waals surface area contributed by atoms with Gasteiger partial charge in [0.15, 0.2) is 0 Å². The molecule has 0 aliphatic heterocycles. The molecule has 5 nitrogen and oxygen atoms in total. The van der Waals surface area contributed by atoms with Crippen molar-refractivity contribution >= 4 is 56.3 Å². The summed E-state index contributed by atoms with van der Waals surface area (Å²) in [7, 11) is 11.0. The molecule has 2 rings (SSSR count). The van der Waals surface area contributed by atoms with Gasteiger partial charge in [-0.25, -0.2) is 4.98 Å².